The van der Waals surface area contributed by atoms with Crippen LogP contribution in [0.25, 0.3) is 4.96 Å². The number of hydrogen-bond donors (Lipinski definition) is 1. The summed E-state index contributed by atoms with van der Waals surface area (Å²) in [5, 5.41) is 8.02. The summed E-state index contributed by atoms with van der Waals surface area (Å²) in [6.07, 6.45) is 3.64. The number of hydrogen-bond acceptors (Lipinski definition) is 4. The van der Waals surface area contributed by atoms with Crippen molar-refractivity contribution in [2.24, 2.45) is 0 Å². The summed E-state index contributed by atoms with van der Waals surface area (Å²) in [6, 6.07) is 0. The zero-order valence-corrected chi connectivity index (χ0v) is 9.18. The van der Waals surface area contributed by atoms with E-state index in [1.165, 1.54) is 23.4 Å². The highest BCUT2D eigenvalue weighted by atomic mass is 32.1. The fraction of sp³-hybridized carbons (Fsp3) is 0.600. The average molecular weight is 220 g/mol. The van der Waals surface area contributed by atoms with Gasteiger partial charge < -0.3 is 5.32 Å². The van der Waals surface area contributed by atoms with E-state index in [9.17, 15) is 0 Å². The van der Waals surface area contributed by atoms with Gasteiger partial charge in [-0.05, 0) is 12.8 Å². The van der Waals surface area contributed by atoms with Crippen molar-refractivity contribution in [3.05, 3.63) is 16.4 Å². The van der Waals surface area contributed by atoms with Crippen LogP contribution in [0.5, 0.6) is 0 Å². The summed E-state index contributed by atoms with van der Waals surface area (Å²) >= 11 is 1.79. The molecule has 3 heterocycles. The lowest BCUT2D eigenvalue weighted by atomic mass is 10.2. The molecule has 5 heteroatoms. The summed E-state index contributed by atoms with van der Waals surface area (Å²) in [4.78, 5) is 7.13. The molecule has 0 atom stereocenters. The molecule has 1 fully saturated rings. The number of nitrogens with zero attached hydrogens (tertiary/aromatic N) is 3. The van der Waals surface area contributed by atoms with Crippen molar-refractivity contribution in [1.82, 2.24) is 19.9 Å². The highest BCUT2D eigenvalue weighted by molar-refractivity contribution is 7.17. The summed E-state index contributed by atoms with van der Waals surface area (Å²) in [6.45, 7) is 2.06. The van der Waals surface area contributed by atoms with Gasteiger partial charge in [-0.25, -0.2) is 9.50 Å². The van der Waals surface area contributed by atoms with Gasteiger partial charge in [0.15, 0.2) is 5.82 Å². The van der Waals surface area contributed by atoms with E-state index in [2.05, 4.69) is 19.9 Å². The molecular weight excluding hydrogens is 208 g/mol. The normalized spacial score (nSPS) is 20.8. The Labute approximate surface area is 91.3 Å². The van der Waals surface area contributed by atoms with Crippen molar-refractivity contribution in [3.8, 4) is 0 Å². The Morgan fingerprint density at radius 2 is 2.33 bits per heavy atom. The van der Waals surface area contributed by atoms with E-state index in [1.54, 1.807) is 11.3 Å². The molecule has 1 N–H and O–H groups in total. The van der Waals surface area contributed by atoms with Crippen LogP contribution in [-0.4, -0.2) is 21.1 Å². The molecule has 0 amide bonds. The monoisotopic (exact) mass is 220 g/mol. The summed E-state index contributed by atoms with van der Waals surface area (Å²) in [7, 11) is 0. The van der Waals surface area contributed by atoms with Crippen LogP contribution in [0.1, 0.15) is 35.2 Å². The lowest BCUT2D eigenvalue weighted by Crippen LogP contribution is -2.23. The Balaban J connectivity index is 1.91. The quantitative estimate of drug-likeness (QED) is 0.788. The molecule has 4 nitrogen and oxygen atoms in total. The zero-order chi connectivity index (χ0) is 9.83. The van der Waals surface area contributed by atoms with Gasteiger partial charge in [-0.2, -0.15) is 5.10 Å². The van der Waals surface area contributed by atoms with Gasteiger partial charge >= 0.3 is 0 Å². The average Bonchev–Trinajstić information content (AvgIpc) is 2.93. The van der Waals surface area contributed by atoms with Crippen molar-refractivity contribution < 1.29 is 0 Å². The number of rotatable bonds is 1. The minimum Gasteiger partial charge on any atom is -0.311 e. The third-order valence-electron chi connectivity index (χ3n) is 3.15. The highest BCUT2D eigenvalue weighted by Gasteiger charge is 2.29. The smallest absolute Gasteiger partial charge is 0.212 e. The van der Waals surface area contributed by atoms with Gasteiger partial charge in [0.05, 0.1) is 5.69 Å². The number of nitrogens with one attached hydrogen (secondary N) is 1. The van der Waals surface area contributed by atoms with E-state index >= 15 is 0 Å². The van der Waals surface area contributed by atoms with Gasteiger partial charge in [0.2, 0.25) is 4.96 Å². The Morgan fingerprint density at radius 3 is 3.20 bits per heavy atom. The Hall–Kier alpha value is -0.940. The molecule has 0 bridgehead atoms. The molecule has 15 heavy (non-hydrogen) atoms. The maximum Gasteiger partial charge on any atom is 0.212 e. The molecule has 0 saturated heterocycles. The molecule has 0 unspecified atom stereocenters. The molecule has 4 rings (SSSR count). The third-order valence-corrected chi connectivity index (χ3v) is 4.23. The molecule has 78 valence electrons. The van der Waals surface area contributed by atoms with Crippen molar-refractivity contribution in [3.63, 3.8) is 0 Å². The van der Waals surface area contributed by atoms with Crippen molar-refractivity contribution in [1.29, 1.82) is 0 Å². The van der Waals surface area contributed by atoms with E-state index in [0.717, 1.165) is 30.3 Å². The molecule has 1 saturated carbocycles. The second-order valence-corrected chi connectivity index (χ2v) is 5.40. The summed E-state index contributed by atoms with van der Waals surface area (Å²) < 4.78 is 2.08. The summed E-state index contributed by atoms with van der Waals surface area (Å²) in [5.74, 6) is 1.73. The van der Waals surface area contributed by atoms with E-state index in [1.807, 2.05) is 0 Å². The molecule has 2 aromatic rings. The van der Waals surface area contributed by atoms with Gasteiger partial charge in [-0.1, -0.05) is 11.3 Å². The number of fused-ring (bicyclic) bond motifs is 3. The van der Waals surface area contributed by atoms with Crippen molar-refractivity contribution in [2.45, 2.75) is 31.7 Å². The minimum atomic E-state index is 0.662. The first-order valence-corrected chi connectivity index (χ1v) is 6.31. The van der Waals surface area contributed by atoms with Crippen LogP contribution in [-0.2, 0) is 13.0 Å². The zero-order valence-electron chi connectivity index (χ0n) is 8.36. The fourth-order valence-corrected chi connectivity index (χ4v) is 3.23. The lowest BCUT2D eigenvalue weighted by Gasteiger charge is -2.11. The van der Waals surface area contributed by atoms with Crippen LogP contribution >= 0.6 is 11.3 Å². The van der Waals surface area contributed by atoms with Crippen LogP contribution in [0.3, 0.4) is 0 Å². The molecule has 2 aromatic heterocycles. The molecular formula is C10H12N4S. The second-order valence-electron chi connectivity index (χ2n) is 4.34. The molecule has 1 aliphatic carbocycles. The van der Waals surface area contributed by atoms with Crippen LogP contribution in [0.15, 0.2) is 0 Å². The standard InChI is InChI=1S/C10H12N4S/c1-2-6(1)9-12-10-14(13-9)7-3-4-11-5-8(7)15-10/h6,11H,1-5H2. The van der Waals surface area contributed by atoms with Crippen molar-refractivity contribution >= 4 is 16.3 Å². The predicted octanol–water partition coefficient (Wildman–Crippen LogP) is 1.31. The molecule has 0 radical (unpaired) electrons. The highest BCUT2D eigenvalue weighted by Crippen LogP contribution is 2.39. The van der Waals surface area contributed by atoms with Crippen LogP contribution in [0.2, 0.25) is 0 Å². The first-order valence-electron chi connectivity index (χ1n) is 5.50. The Bertz CT molecular complexity index is 523. The number of aromatic nitrogens is 3. The van der Waals surface area contributed by atoms with E-state index < -0.39 is 0 Å². The van der Waals surface area contributed by atoms with E-state index in [4.69, 9.17) is 0 Å². The third kappa shape index (κ3) is 1.16. The second kappa shape index (κ2) is 2.80. The molecule has 1 aliphatic heterocycles. The topological polar surface area (TPSA) is 42.2 Å². The van der Waals surface area contributed by atoms with Gasteiger partial charge in [-0.3, -0.25) is 0 Å². The van der Waals surface area contributed by atoms with Crippen LogP contribution < -0.4 is 5.32 Å². The van der Waals surface area contributed by atoms with E-state index in [-0.39, 0.29) is 0 Å². The molecule has 2 aliphatic rings. The van der Waals surface area contributed by atoms with Gasteiger partial charge in [-0.15, -0.1) is 0 Å². The molecule has 0 spiro atoms. The van der Waals surface area contributed by atoms with Crippen LogP contribution in [0.4, 0.5) is 0 Å². The minimum absolute atomic E-state index is 0.662. The number of thiazole rings is 1. The largest absolute Gasteiger partial charge is 0.311 e. The first-order chi connectivity index (χ1) is 7.42. The summed E-state index contributed by atoms with van der Waals surface area (Å²) in [5.41, 5.74) is 1.38. The van der Waals surface area contributed by atoms with Gasteiger partial charge in [0.25, 0.3) is 0 Å². The Kier molecular flexibility index (Phi) is 1.54. The fourth-order valence-electron chi connectivity index (χ4n) is 2.15. The van der Waals surface area contributed by atoms with E-state index in [0.29, 0.717) is 5.92 Å². The Morgan fingerprint density at radius 1 is 1.40 bits per heavy atom. The van der Waals surface area contributed by atoms with Gasteiger partial charge in [0.1, 0.15) is 0 Å². The van der Waals surface area contributed by atoms with Crippen molar-refractivity contribution in [2.75, 3.05) is 6.54 Å². The van der Waals surface area contributed by atoms with Gasteiger partial charge in [0, 0.05) is 30.3 Å². The SMILES string of the molecule is C1Cc2c(sc3nc(C4CC4)nn23)CN1. The maximum atomic E-state index is 4.64. The predicted molar refractivity (Wildman–Crippen MR) is 58.2 cm³/mol. The molecule has 0 aromatic carbocycles. The first kappa shape index (κ1) is 8.24. The lowest BCUT2D eigenvalue weighted by molar-refractivity contribution is 0.627. The maximum absolute atomic E-state index is 4.64. The van der Waals surface area contributed by atoms with Crippen LogP contribution in [0, 0.1) is 0 Å².